The third-order valence-electron chi connectivity index (χ3n) is 4.76. The Morgan fingerprint density at radius 1 is 1.28 bits per heavy atom. The number of sulfonamides is 1. The Hall–Kier alpha value is -1.60. The van der Waals surface area contributed by atoms with Crippen molar-refractivity contribution >= 4 is 21.6 Å². The van der Waals surface area contributed by atoms with Crippen molar-refractivity contribution in [2.45, 2.75) is 45.7 Å². The molecule has 140 valence electrons. The van der Waals surface area contributed by atoms with Crippen LogP contribution in [0.5, 0.6) is 0 Å². The summed E-state index contributed by atoms with van der Waals surface area (Å²) in [4.78, 5) is 14.9. The van der Waals surface area contributed by atoms with Gasteiger partial charge >= 0.3 is 0 Å². The Balaban J connectivity index is 2.23. The minimum absolute atomic E-state index is 0.103. The molecule has 0 unspecified atom stereocenters. The fourth-order valence-electron chi connectivity index (χ4n) is 3.21. The average Bonchev–Trinajstić information content (AvgIpc) is 2.51. The van der Waals surface area contributed by atoms with Gasteiger partial charge in [0.15, 0.2) is 0 Å². The first kappa shape index (κ1) is 19.7. The SMILES string of the molecule is Cc1ccc(C)c(N([C@H](C)C(=O)NC2CCN(C)CC2)S(C)(=O)=O)c1. The summed E-state index contributed by atoms with van der Waals surface area (Å²) in [6.45, 7) is 7.28. The molecule has 0 bridgehead atoms. The number of hydrogen-bond acceptors (Lipinski definition) is 4. The molecule has 25 heavy (non-hydrogen) atoms. The van der Waals surface area contributed by atoms with Gasteiger partial charge in [0.1, 0.15) is 6.04 Å². The number of carbonyl (C=O) groups excluding carboxylic acids is 1. The first-order valence-corrected chi connectivity index (χ1v) is 10.5. The summed E-state index contributed by atoms with van der Waals surface area (Å²) >= 11 is 0. The van der Waals surface area contributed by atoms with Gasteiger partial charge in [0, 0.05) is 6.04 Å². The van der Waals surface area contributed by atoms with E-state index in [0.717, 1.165) is 43.3 Å². The van der Waals surface area contributed by atoms with Crippen molar-refractivity contribution in [2.24, 2.45) is 0 Å². The van der Waals surface area contributed by atoms with E-state index in [4.69, 9.17) is 0 Å². The number of aryl methyl sites for hydroxylation is 2. The van der Waals surface area contributed by atoms with E-state index in [1.807, 2.05) is 32.0 Å². The minimum Gasteiger partial charge on any atom is -0.351 e. The third-order valence-corrected chi connectivity index (χ3v) is 5.98. The number of nitrogens with one attached hydrogen (secondary N) is 1. The maximum absolute atomic E-state index is 12.7. The van der Waals surface area contributed by atoms with Crippen molar-refractivity contribution < 1.29 is 13.2 Å². The first-order chi connectivity index (χ1) is 11.6. The first-order valence-electron chi connectivity index (χ1n) is 8.65. The third kappa shape index (κ3) is 4.95. The molecule has 6 nitrogen and oxygen atoms in total. The van der Waals surface area contributed by atoms with Crippen molar-refractivity contribution in [3.05, 3.63) is 29.3 Å². The van der Waals surface area contributed by atoms with Crippen molar-refractivity contribution in [1.82, 2.24) is 10.2 Å². The molecule has 1 saturated heterocycles. The number of carbonyl (C=O) groups is 1. The molecule has 1 N–H and O–H groups in total. The van der Waals surface area contributed by atoms with Crippen LogP contribution in [0.3, 0.4) is 0 Å². The second-order valence-electron chi connectivity index (χ2n) is 7.11. The van der Waals surface area contributed by atoms with Crippen LogP contribution >= 0.6 is 0 Å². The van der Waals surface area contributed by atoms with E-state index in [1.165, 1.54) is 4.31 Å². The van der Waals surface area contributed by atoms with Gasteiger partial charge in [-0.05, 0) is 70.9 Å². The molecule has 1 amide bonds. The maximum Gasteiger partial charge on any atom is 0.243 e. The molecule has 0 radical (unpaired) electrons. The predicted molar refractivity (Wildman–Crippen MR) is 101 cm³/mol. The molecule has 1 fully saturated rings. The zero-order chi connectivity index (χ0) is 18.8. The summed E-state index contributed by atoms with van der Waals surface area (Å²) in [6, 6.07) is 4.93. The second kappa shape index (κ2) is 7.74. The van der Waals surface area contributed by atoms with Crippen molar-refractivity contribution in [2.75, 3.05) is 30.7 Å². The van der Waals surface area contributed by atoms with E-state index in [-0.39, 0.29) is 11.9 Å². The summed E-state index contributed by atoms with van der Waals surface area (Å²) in [5, 5.41) is 3.02. The molecule has 0 aliphatic carbocycles. The van der Waals surface area contributed by atoms with Gasteiger partial charge in [-0.25, -0.2) is 8.42 Å². The molecule has 1 aromatic carbocycles. The average molecular weight is 368 g/mol. The van der Waals surface area contributed by atoms with E-state index >= 15 is 0 Å². The lowest BCUT2D eigenvalue weighted by molar-refractivity contribution is -0.122. The zero-order valence-corrected chi connectivity index (χ0v) is 16.6. The standard InChI is InChI=1S/C18H29N3O3S/c1-13-6-7-14(2)17(12-13)21(25(5,23)24)15(3)18(22)19-16-8-10-20(4)11-9-16/h6-7,12,15-16H,8-11H2,1-5H3,(H,19,22)/t15-/m1/s1. The molecular weight excluding hydrogens is 338 g/mol. The van der Waals surface area contributed by atoms with E-state index in [9.17, 15) is 13.2 Å². The fourth-order valence-corrected chi connectivity index (χ4v) is 4.44. The fraction of sp³-hybridized carbons (Fsp3) is 0.611. The van der Waals surface area contributed by atoms with Crippen LogP contribution in [0.4, 0.5) is 5.69 Å². The normalized spacial score (nSPS) is 18.0. The predicted octanol–water partition coefficient (Wildman–Crippen LogP) is 1.67. The van der Waals surface area contributed by atoms with Gasteiger partial charge in [0.2, 0.25) is 15.9 Å². The number of nitrogens with zero attached hydrogens (tertiary/aromatic N) is 2. The topological polar surface area (TPSA) is 69.7 Å². The monoisotopic (exact) mass is 367 g/mol. The van der Waals surface area contributed by atoms with Crippen LogP contribution in [0.15, 0.2) is 18.2 Å². The summed E-state index contributed by atoms with van der Waals surface area (Å²) < 4.78 is 26.1. The Morgan fingerprint density at radius 2 is 1.88 bits per heavy atom. The zero-order valence-electron chi connectivity index (χ0n) is 15.7. The Bertz CT molecular complexity index is 725. The maximum atomic E-state index is 12.7. The number of hydrogen-bond donors (Lipinski definition) is 1. The van der Waals surface area contributed by atoms with Gasteiger partial charge < -0.3 is 10.2 Å². The van der Waals surface area contributed by atoms with Crippen LogP contribution in [0.2, 0.25) is 0 Å². The number of benzene rings is 1. The molecule has 1 aromatic rings. The summed E-state index contributed by atoms with van der Waals surface area (Å²) in [6.07, 6.45) is 2.92. The molecular formula is C18H29N3O3S. The largest absolute Gasteiger partial charge is 0.351 e. The molecule has 2 rings (SSSR count). The highest BCUT2D eigenvalue weighted by Crippen LogP contribution is 2.26. The van der Waals surface area contributed by atoms with Crippen LogP contribution < -0.4 is 9.62 Å². The Kier molecular flexibility index (Phi) is 6.11. The highest BCUT2D eigenvalue weighted by molar-refractivity contribution is 7.92. The molecule has 1 aliphatic heterocycles. The molecule has 1 atom stereocenters. The number of piperidine rings is 1. The molecule has 0 saturated carbocycles. The second-order valence-corrected chi connectivity index (χ2v) is 8.97. The Labute approximate surface area is 151 Å². The minimum atomic E-state index is -3.59. The molecule has 7 heteroatoms. The summed E-state index contributed by atoms with van der Waals surface area (Å²) in [7, 11) is -1.52. The van der Waals surface area contributed by atoms with Crippen molar-refractivity contribution in [1.29, 1.82) is 0 Å². The van der Waals surface area contributed by atoms with Gasteiger partial charge in [-0.3, -0.25) is 9.10 Å². The van der Waals surface area contributed by atoms with Crippen LogP contribution in [0.25, 0.3) is 0 Å². The lowest BCUT2D eigenvalue weighted by Crippen LogP contribution is -2.52. The smallest absolute Gasteiger partial charge is 0.243 e. The molecule has 1 heterocycles. The summed E-state index contributed by atoms with van der Waals surface area (Å²) in [5.74, 6) is -0.249. The van der Waals surface area contributed by atoms with Crippen LogP contribution in [-0.2, 0) is 14.8 Å². The lowest BCUT2D eigenvalue weighted by atomic mass is 10.0. The highest BCUT2D eigenvalue weighted by Gasteiger charge is 2.31. The molecule has 1 aliphatic rings. The van der Waals surface area contributed by atoms with Gasteiger partial charge in [0.05, 0.1) is 11.9 Å². The lowest BCUT2D eigenvalue weighted by Gasteiger charge is -2.33. The number of rotatable bonds is 5. The quantitative estimate of drug-likeness (QED) is 0.859. The van der Waals surface area contributed by atoms with Gasteiger partial charge in [-0.1, -0.05) is 12.1 Å². The molecule has 0 aromatic heterocycles. The number of likely N-dealkylation sites (tertiary alicyclic amines) is 1. The Morgan fingerprint density at radius 3 is 2.44 bits per heavy atom. The van der Waals surface area contributed by atoms with E-state index in [1.54, 1.807) is 6.92 Å². The van der Waals surface area contributed by atoms with Crippen molar-refractivity contribution in [3.8, 4) is 0 Å². The van der Waals surface area contributed by atoms with Gasteiger partial charge in [-0.2, -0.15) is 0 Å². The van der Waals surface area contributed by atoms with E-state index < -0.39 is 16.1 Å². The molecule has 0 spiro atoms. The van der Waals surface area contributed by atoms with E-state index in [2.05, 4.69) is 17.3 Å². The van der Waals surface area contributed by atoms with Crippen molar-refractivity contribution in [3.63, 3.8) is 0 Å². The van der Waals surface area contributed by atoms with E-state index in [0.29, 0.717) is 5.69 Å². The van der Waals surface area contributed by atoms with Crippen LogP contribution in [-0.4, -0.2) is 57.7 Å². The van der Waals surface area contributed by atoms with Gasteiger partial charge in [0.25, 0.3) is 0 Å². The summed E-state index contributed by atoms with van der Waals surface area (Å²) in [5.41, 5.74) is 2.35. The number of anilines is 1. The highest BCUT2D eigenvalue weighted by atomic mass is 32.2. The van der Waals surface area contributed by atoms with Crippen LogP contribution in [0, 0.1) is 13.8 Å². The number of amides is 1. The van der Waals surface area contributed by atoms with Crippen LogP contribution in [0.1, 0.15) is 30.9 Å². The van der Waals surface area contributed by atoms with Gasteiger partial charge in [-0.15, -0.1) is 0 Å².